The lowest BCUT2D eigenvalue weighted by molar-refractivity contribution is -0.111. The number of Topliss-reactive ketones (excluding diaryl/α,β-unsaturated/α-hetero) is 1. The fraction of sp³-hybridized carbons (Fsp3) is 0.200. The van der Waals surface area contributed by atoms with Gasteiger partial charge in [-0.25, -0.2) is 4.99 Å². The summed E-state index contributed by atoms with van der Waals surface area (Å²) < 4.78 is 0. The standard InChI is InChI=1S/C5H5NO/c1-5(7)3-4-6-2/h2H2,1H3. The van der Waals surface area contributed by atoms with Crippen molar-refractivity contribution in [3.63, 3.8) is 0 Å². The van der Waals surface area contributed by atoms with Gasteiger partial charge in [0.2, 0.25) is 5.78 Å². The molecular formula is C5H5NO. The van der Waals surface area contributed by atoms with Gasteiger partial charge >= 0.3 is 0 Å². The molecule has 0 aliphatic carbocycles. The number of carbonyl (C=O) groups excluding carboxylic acids is 1. The molecule has 0 aliphatic rings. The van der Waals surface area contributed by atoms with Crippen molar-refractivity contribution in [2.75, 3.05) is 0 Å². The van der Waals surface area contributed by atoms with Crippen LogP contribution in [0.1, 0.15) is 6.92 Å². The van der Waals surface area contributed by atoms with Gasteiger partial charge < -0.3 is 0 Å². The first-order valence-electron chi connectivity index (χ1n) is 1.74. The predicted octanol–water partition coefficient (Wildman–Crippen LogP) is 0.237. The third-order valence-corrected chi connectivity index (χ3v) is 0.311. The summed E-state index contributed by atoms with van der Waals surface area (Å²) in [6.07, 6.45) is 0. The van der Waals surface area contributed by atoms with E-state index in [0.717, 1.165) is 0 Å². The normalized spacial score (nSPS) is 5.86. The van der Waals surface area contributed by atoms with Crippen LogP contribution in [0.5, 0.6) is 0 Å². The highest BCUT2D eigenvalue weighted by Gasteiger charge is 1.73. The quantitative estimate of drug-likeness (QED) is 0.313. The molecule has 0 rings (SSSR count). The van der Waals surface area contributed by atoms with E-state index >= 15 is 0 Å². The lowest BCUT2D eigenvalue weighted by Gasteiger charge is -1.62. The molecule has 0 atom stereocenters. The monoisotopic (exact) mass is 95.0 g/mol. The molecule has 2 heteroatoms. The molecule has 0 amide bonds. The Morgan fingerprint density at radius 1 is 1.86 bits per heavy atom. The molecule has 0 fully saturated rings. The second-order valence-electron chi connectivity index (χ2n) is 0.951. The zero-order valence-corrected chi connectivity index (χ0v) is 4.06. The van der Waals surface area contributed by atoms with Crippen molar-refractivity contribution in [3.8, 4) is 12.0 Å². The smallest absolute Gasteiger partial charge is 0.204 e. The summed E-state index contributed by atoms with van der Waals surface area (Å²) in [7, 11) is 0. The van der Waals surface area contributed by atoms with Gasteiger partial charge in [-0.3, -0.25) is 4.79 Å². The van der Waals surface area contributed by atoms with Crippen LogP contribution >= 0.6 is 0 Å². The molecule has 0 N–H and O–H groups in total. The molecule has 0 heterocycles. The van der Waals surface area contributed by atoms with E-state index in [-0.39, 0.29) is 5.78 Å². The first-order valence-corrected chi connectivity index (χ1v) is 1.74. The second kappa shape index (κ2) is 3.10. The van der Waals surface area contributed by atoms with E-state index in [4.69, 9.17) is 0 Å². The molecule has 0 unspecified atom stereocenters. The molecule has 0 aromatic rings. The summed E-state index contributed by atoms with van der Waals surface area (Å²) >= 11 is 0. The molecule has 0 saturated carbocycles. The lowest BCUT2D eigenvalue weighted by atomic mass is 10.5. The van der Waals surface area contributed by atoms with E-state index in [0.29, 0.717) is 0 Å². The van der Waals surface area contributed by atoms with E-state index in [1.54, 1.807) is 0 Å². The Morgan fingerprint density at radius 2 is 2.43 bits per heavy atom. The van der Waals surface area contributed by atoms with Crippen LogP contribution in [0, 0.1) is 12.0 Å². The van der Waals surface area contributed by atoms with Crippen LogP contribution in [-0.4, -0.2) is 12.5 Å². The number of nitrogens with zero attached hydrogens (tertiary/aromatic N) is 1. The first-order chi connectivity index (χ1) is 3.27. The van der Waals surface area contributed by atoms with E-state index < -0.39 is 0 Å². The minimum Gasteiger partial charge on any atom is -0.285 e. The third kappa shape index (κ3) is 4.90. The summed E-state index contributed by atoms with van der Waals surface area (Å²) in [5.74, 6) is 1.99. The number of carbonyl (C=O) groups is 1. The van der Waals surface area contributed by atoms with Crippen molar-refractivity contribution in [1.82, 2.24) is 0 Å². The van der Waals surface area contributed by atoms with Gasteiger partial charge in [0.05, 0.1) is 0 Å². The van der Waals surface area contributed by atoms with Gasteiger partial charge in [-0.2, -0.15) is 0 Å². The van der Waals surface area contributed by atoms with Crippen LogP contribution in [0.15, 0.2) is 4.99 Å². The van der Waals surface area contributed by atoms with Gasteiger partial charge in [-0.15, -0.1) is 0 Å². The fourth-order valence-corrected chi connectivity index (χ4v) is 0.118. The van der Waals surface area contributed by atoms with Gasteiger partial charge in [-0.05, 0) is 5.92 Å². The summed E-state index contributed by atoms with van der Waals surface area (Å²) in [4.78, 5) is 13.1. The van der Waals surface area contributed by atoms with Crippen molar-refractivity contribution < 1.29 is 4.79 Å². The van der Waals surface area contributed by atoms with Crippen LogP contribution in [0.3, 0.4) is 0 Å². The molecule has 0 spiro atoms. The largest absolute Gasteiger partial charge is 0.285 e. The predicted molar refractivity (Wildman–Crippen MR) is 28.0 cm³/mol. The van der Waals surface area contributed by atoms with E-state index in [2.05, 4.69) is 23.7 Å². The molecule has 0 aliphatic heterocycles. The van der Waals surface area contributed by atoms with Gasteiger partial charge in [0.1, 0.15) is 0 Å². The van der Waals surface area contributed by atoms with Gasteiger partial charge in [-0.1, -0.05) is 0 Å². The van der Waals surface area contributed by atoms with Gasteiger partial charge in [0, 0.05) is 19.7 Å². The number of rotatable bonds is 0. The fourth-order valence-electron chi connectivity index (χ4n) is 0.118. The van der Waals surface area contributed by atoms with Crippen molar-refractivity contribution in [1.29, 1.82) is 0 Å². The summed E-state index contributed by atoms with van der Waals surface area (Å²) in [5, 5.41) is 0. The van der Waals surface area contributed by atoms with E-state index in [1.807, 2.05) is 0 Å². The van der Waals surface area contributed by atoms with E-state index in [1.165, 1.54) is 6.92 Å². The molecule has 7 heavy (non-hydrogen) atoms. The topological polar surface area (TPSA) is 29.4 Å². The Balaban J connectivity index is 3.66. The maximum Gasteiger partial charge on any atom is 0.204 e. The highest BCUT2D eigenvalue weighted by Crippen LogP contribution is 1.59. The lowest BCUT2D eigenvalue weighted by Crippen LogP contribution is -1.78. The van der Waals surface area contributed by atoms with Crippen molar-refractivity contribution in [3.05, 3.63) is 0 Å². The Hall–Kier alpha value is -1.10. The van der Waals surface area contributed by atoms with E-state index in [9.17, 15) is 4.79 Å². The Kier molecular flexibility index (Phi) is 2.62. The van der Waals surface area contributed by atoms with Crippen molar-refractivity contribution in [2.24, 2.45) is 4.99 Å². The SMILES string of the molecule is C=NC#CC(C)=O. The Morgan fingerprint density at radius 3 is 2.57 bits per heavy atom. The minimum absolute atomic E-state index is 0.188. The van der Waals surface area contributed by atoms with Gasteiger partial charge in [0.15, 0.2) is 0 Å². The average Bonchev–Trinajstić information content (AvgIpc) is 1.61. The molecule has 2 nitrogen and oxygen atoms in total. The molecule has 36 valence electrons. The van der Waals surface area contributed by atoms with Crippen LogP contribution in [0.25, 0.3) is 0 Å². The maximum atomic E-state index is 9.94. The van der Waals surface area contributed by atoms with Crippen LogP contribution in [0.2, 0.25) is 0 Å². The zero-order chi connectivity index (χ0) is 5.70. The van der Waals surface area contributed by atoms with Crippen molar-refractivity contribution in [2.45, 2.75) is 6.92 Å². The van der Waals surface area contributed by atoms with Crippen LogP contribution in [-0.2, 0) is 4.79 Å². The number of hydrogen-bond acceptors (Lipinski definition) is 2. The van der Waals surface area contributed by atoms with Crippen LogP contribution < -0.4 is 0 Å². The average molecular weight is 95.1 g/mol. The number of ketones is 1. The molecule has 0 aromatic heterocycles. The highest BCUT2D eigenvalue weighted by atomic mass is 16.1. The molecule has 0 bridgehead atoms. The zero-order valence-electron chi connectivity index (χ0n) is 4.06. The Labute approximate surface area is 42.3 Å². The summed E-state index contributed by atoms with van der Waals surface area (Å²) in [5.41, 5.74) is 0. The van der Waals surface area contributed by atoms with Crippen LogP contribution in [0.4, 0.5) is 0 Å². The summed E-state index contributed by atoms with van der Waals surface area (Å²) in [6, 6.07) is 2.16. The first kappa shape index (κ1) is 5.90. The molecular weight excluding hydrogens is 90.1 g/mol. The number of aliphatic imine (C=N–C) groups is 1. The molecule has 0 radical (unpaired) electrons. The maximum absolute atomic E-state index is 9.94. The molecule has 0 aromatic carbocycles. The minimum atomic E-state index is -0.188. The second-order valence-corrected chi connectivity index (χ2v) is 0.951. The highest BCUT2D eigenvalue weighted by molar-refractivity contribution is 5.93. The Bertz CT molecular complexity index is 138. The summed E-state index contributed by atoms with van der Waals surface area (Å²) in [6.45, 7) is 4.43. The van der Waals surface area contributed by atoms with Crippen molar-refractivity contribution >= 4 is 12.5 Å². The van der Waals surface area contributed by atoms with Gasteiger partial charge in [0.25, 0.3) is 0 Å². The molecule has 0 saturated heterocycles. The number of hydrogen-bond donors (Lipinski definition) is 0. The third-order valence-electron chi connectivity index (χ3n) is 0.311.